The number of anilines is 1. The molecule has 0 saturated carbocycles. The standard InChI is InChI=1S/C14H20N4/c1-11(2)18(10-12-5-3-7-16-12)14-6-4-8-17-13(14)9-15/h4,6,8,11-12,16H,3,5,7,10H2,1-2H3. The maximum Gasteiger partial charge on any atom is 0.163 e. The third-order valence-corrected chi connectivity index (χ3v) is 3.40. The molecule has 18 heavy (non-hydrogen) atoms. The fourth-order valence-corrected chi connectivity index (χ4v) is 2.45. The molecular weight excluding hydrogens is 224 g/mol. The summed E-state index contributed by atoms with van der Waals surface area (Å²) in [5, 5.41) is 12.7. The molecular formula is C14H20N4. The Kier molecular flexibility index (Phi) is 4.16. The average Bonchev–Trinajstić information content (AvgIpc) is 2.88. The lowest BCUT2D eigenvalue weighted by atomic mass is 10.1. The van der Waals surface area contributed by atoms with Crippen LogP contribution in [0.2, 0.25) is 0 Å². The fourth-order valence-electron chi connectivity index (χ4n) is 2.45. The van der Waals surface area contributed by atoms with Crippen molar-refractivity contribution < 1.29 is 0 Å². The molecule has 2 rings (SSSR count). The fraction of sp³-hybridized carbons (Fsp3) is 0.571. The molecule has 1 aromatic rings. The van der Waals surface area contributed by atoms with Crippen LogP contribution in [0.3, 0.4) is 0 Å². The number of hydrogen-bond acceptors (Lipinski definition) is 4. The van der Waals surface area contributed by atoms with Crippen molar-refractivity contribution in [2.24, 2.45) is 0 Å². The number of rotatable bonds is 4. The molecule has 1 saturated heterocycles. The van der Waals surface area contributed by atoms with Crippen LogP contribution in [-0.4, -0.2) is 30.2 Å². The van der Waals surface area contributed by atoms with Crippen molar-refractivity contribution in [3.8, 4) is 6.07 Å². The molecule has 1 atom stereocenters. The van der Waals surface area contributed by atoms with E-state index < -0.39 is 0 Å². The third kappa shape index (κ3) is 2.80. The van der Waals surface area contributed by atoms with Gasteiger partial charge >= 0.3 is 0 Å². The summed E-state index contributed by atoms with van der Waals surface area (Å²) in [6.07, 6.45) is 4.13. The second-order valence-electron chi connectivity index (χ2n) is 5.02. The number of nitrogens with zero attached hydrogens (tertiary/aromatic N) is 3. The summed E-state index contributed by atoms with van der Waals surface area (Å²) in [6, 6.07) is 6.96. The van der Waals surface area contributed by atoms with E-state index in [0.717, 1.165) is 18.8 Å². The van der Waals surface area contributed by atoms with Crippen LogP contribution in [0.15, 0.2) is 18.3 Å². The van der Waals surface area contributed by atoms with Gasteiger partial charge in [-0.25, -0.2) is 4.98 Å². The first-order valence-electron chi connectivity index (χ1n) is 6.57. The molecule has 2 heterocycles. The molecule has 0 amide bonds. The predicted octanol–water partition coefficient (Wildman–Crippen LogP) is 1.92. The quantitative estimate of drug-likeness (QED) is 0.879. The summed E-state index contributed by atoms with van der Waals surface area (Å²) >= 11 is 0. The van der Waals surface area contributed by atoms with Gasteiger partial charge in [0.25, 0.3) is 0 Å². The molecule has 0 aromatic carbocycles. The molecule has 96 valence electrons. The SMILES string of the molecule is CC(C)N(CC1CCCN1)c1cccnc1C#N. The Morgan fingerprint density at radius 2 is 2.44 bits per heavy atom. The highest BCUT2D eigenvalue weighted by atomic mass is 15.2. The molecule has 4 nitrogen and oxygen atoms in total. The molecule has 1 unspecified atom stereocenters. The molecule has 0 bridgehead atoms. The topological polar surface area (TPSA) is 52.0 Å². The van der Waals surface area contributed by atoms with Crippen molar-refractivity contribution in [2.45, 2.75) is 38.8 Å². The summed E-state index contributed by atoms with van der Waals surface area (Å²) in [7, 11) is 0. The summed E-state index contributed by atoms with van der Waals surface area (Å²) in [6.45, 7) is 6.36. The van der Waals surface area contributed by atoms with Crippen molar-refractivity contribution in [1.82, 2.24) is 10.3 Å². The van der Waals surface area contributed by atoms with E-state index in [4.69, 9.17) is 5.26 Å². The number of nitriles is 1. The van der Waals surface area contributed by atoms with Crippen molar-refractivity contribution in [3.63, 3.8) is 0 Å². The van der Waals surface area contributed by atoms with E-state index in [0.29, 0.717) is 17.8 Å². The highest BCUT2D eigenvalue weighted by Crippen LogP contribution is 2.21. The van der Waals surface area contributed by atoms with Gasteiger partial charge in [-0.2, -0.15) is 5.26 Å². The van der Waals surface area contributed by atoms with Crippen molar-refractivity contribution in [1.29, 1.82) is 5.26 Å². The van der Waals surface area contributed by atoms with Gasteiger partial charge < -0.3 is 10.2 Å². The van der Waals surface area contributed by atoms with E-state index in [-0.39, 0.29) is 0 Å². The summed E-state index contributed by atoms with van der Waals surface area (Å²) in [4.78, 5) is 6.42. The van der Waals surface area contributed by atoms with E-state index in [9.17, 15) is 0 Å². The molecule has 1 fully saturated rings. The van der Waals surface area contributed by atoms with E-state index in [1.54, 1.807) is 6.20 Å². The Bertz CT molecular complexity index is 430. The minimum Gasteiger partial charge on any atom is -0.365 e. The first kappa shape index (κ1) is 12.8. The second kappa shape index (κ2) is 5.83. The zero-order valence-corrected chi connectivity index (χ0v) is 11.1. The zero-order valence-electron chi connectivity index (χ0n) is 11.1. The van der Waals surface area contributed by atoms with Crippen LogP contribution in [0.1, 0.15) is 32.4 Å². The molecule has 4 heteroatoms. The van der Waals surface area contributed by atoms with Gasteiger partial charge in [-0.05, 0) is 45.4 Å². The monoisotopic (exact) mass is 244 g/mol. The Labute approximate surface area is 109 Å². The number of aromatic nitrogens is 1. The number of hydrogen-bond donors (Lipinski definition) is 1. The van der Waals surface area contributed by atoms with Gasteiger partial charge in [-0.15, -0.1) is 0 Å². The maximum atomic E-state index is 9.16. The predicted molar refractivity (Wildman–Crippen MR) is 72.5 cm³/mol. The maximum absolute atomic E-state index is 9.16. The van der Waals surface area contributed by atoms with E-state index in [2.05, 4.69) is 35.1 Å². The normalized spacial score (nSPS) is 18.9. The van der Waals surface area contributed by atoms with Crippen LogP contribution in [-0.2, 0) is 0 Å². The van der Waals surface area contributed by atoms with Gasteiger partial charge in [-0.1, -0.05) is 0 Å². The van der Waals surface area contributed by atoms with Gasteiger partial charge in [0, 0.05) is 24.8 Å². The van der Waals surface area contributed by atoms with E-state index in [1.807, 2.05) is 12.1 Å². The van der Waals surface area contributed by atoms with Crippen molar-refractivity contribution >= 4 is 5.69 Å². The van der Waals surface area contributed by atoms with E-state index in [1.165, 1.54) is 12.8 Å². The van der Waals surface area contributed by atoms with Crippen LogP contribution in [0, 0.1) is 11.3 Å². The van der Waals surface area contributed by atoms with Crippen LogP contribution in [0.5, 0.6) is 0 Å². The molecule has 1 aliphatic heterocycles. The Morgan fingerprint density at radius 3 is 3.06 bits per heavy atom. The second-order valence-corrected chi connectivity index (χ2v) is 5.02. The van der Waals surface area contributed by atoms with Crippen LogP contribution < -0.4 is 10.2 Å². The molecule has 1 aliphatic rings. The van der Waals surface area contributed by atoms with E-state index >= 15 is 0 Å². The number of pyridine rings is 1. The summed E-state index contributed by atoms with van der Waals surface area (Å²) in [5.74, 6) is 0. The van der Waals surface area contributed by atoms with Crippen LogP contribution in [0.4, 0.5) is 5.69 Å². The van der Waals surface area contributed by atoms with Gasteiger partial charge in [0.05, 0.1) is 5.69 Å². The molecule has 1 N–H and O–H groups in total. The Balaban J connectivity index is 2.21. The van der Waals surface area contributed by atoms with Gasteiger partial charge in [-0.3, -0.25) is 0 Å². The summed E-state index contributed by atoms with van der Waals surface area (Å²) in [5.41, 5.74) is 1.47. The van der Waals surface area contributed by atoms with Gasteiger partial charge in [0.2, 0.25) is 0 Å². The minimum atomic E-state index is 0.365. The average molecular weight is 244 g/mol. The smallest absolute Gasteiger partial charge is 0.163 e. The highest BCUT2D eigenvalue weighted by Gasteiger charge is 2.21. The summed E-state index contributed by atoms with van der Waals surface area (Å²) < 4.78 is 0. The van der Waals surface area contributed by atoms with Crippen molar-refractivity contribution in [2.75, 3.05) is 18.0 Å². The lowest BCUT2D eigenvalue weighted by molar-refractivity contribution is 0.552. The van der Waals surface area contributed by atoms with Gasteiger partial charge in [0.15, 0.2) is 5.69 Å². The first-order chi connectivity index (χ1) is 8.72. The molecule has 1 aromatic heterocycles. The van der Waals surface area contributed by atoms with Crippen LogP contribution >= 0.6 is 0 Å². The first-order valence-corrected chi connectivity index (χ1v) is 6.57. The van der Waals surface area contributed by atoms with Gasteiger partial charge in [0.1, 0.15) is 6.07 Å². The van der Waals surface area contributed by atoms with Crippen molar-refractivity contribution in [3.05, 3.63) is 24.0 Å². The largest absolute Gasteiger partial charge is 0.365 e. The molecule has 0 aliphatic carbocycles. The zero-order chi connectivity index (χ0) is 13.0. The Morgan fingerprint density at radius 1 is 1.61 bits per heavy atom. The minimum absolute atomic E-state index is 0.365. The lowest BCUT2D eigenvalue weighted by Crippen LogP contribution is -2.41. The Hall–Kier alpha value is -1.60. The molecule has 0 spiro atoms. The lowest BCUT2D eigenvalue weighted by Gasteiger charge is -2.31. The van der Waals surface area contributed by atoms with Crippen LogP contribution in [0.25, 0.3) is 0 Å². The number of nitrogens with one attached hydrogen (secondary N) is 1. The third-order valence-electron chi connectivity index (χ3n) is 3.40. The molecule has 0 radical (unpaired) electrons. The highest BCUT2D eigenvalue weighted by molar-refractivity contribution is 5.56.